The number of carbonyl (C=O) groups excluding carboxylic acids is 1. The maximum absolute atomic E-state index is 13.2. The first-order chi connectivity index (χ1) is 15.4. The summed E-state index contributed by atoms with van der Waals surface area (Å²) in [5, 5.41) is 14.5. The average molecular weight is 451 g/mol. The van der Waals surface area contributed by atoms with Crippen molar-refractivity contribution in [3.05, 3.63) is 63.2 Å². The van der Waals surface area contributed by atoms with Crippen LogP contribution in [0.3, 0.4) is 0 Å². The fraction of sp³-hybridized carbons (Fsp3) is 0.227. The lowest BCUT2D eigenvalue weighted by Gasteiger charge is -2.12. The third-order valence-corrected chi connectivity index (χ3v) is 6.12. The van der Waals surface area contributed by atoms with Crippen LogP contribution in [0.15, 0.2) is 42.5 Å². The summed E-state index contributed by atoms with van der Waals surface area (Å²) in [7, 11) is 0. The smallest absolute Gasteiger partial charge is 0.289 e. The number of nitrogens with one attached hydrogen (secondary N) is 1. The van der Waals surface area contributed by atoms with Gasteiger partial charge in [0.25, 0.3) is 11.6 Å². The second-order valence-electron chi connectivity index (χ2n) is 7.83. The highest BCUT2D eigenvalue weighted by Gasteiger charge is 2.28. The van der Waals surface area contributed by atoms with E-state index < -0.39 is 4.92 Å². The largest absolute Gasteiger partial charge is 0.384 e. The molecule has 162 valence electrons. The number of aromatic nitrogens is 3. The summed E-state index contributed by atoms with van der Waals surface area (Å²) in [6.45, 7) is 0. The van der Waals surface area contributed by atoms with Crippen LogP contribution in [0, 0.1) is 10.1 Å². The minimum Gasteiger partial charge on any atom is -0.384 e. The SMILES string of the molecule is Nc1c(C(=O)NC2CCCC2)c2nc3ccccc3nc2n1-c1ccc(Cl)c([N+](=O)[O-])c1. The lowest BCUT2D eigenvalue weighted by atomic mass is 10.2. The Labute approximate surface area is 187 Å². The molecule has 1 aliphatic carbocycles. The molecule has 32 heavy (non-hydrogen) atoms. The number of para-hydroxylation sites is 2. The Hall–Kier alpha value is -3.72. The zero-order chi connectivity index (χ0) is 22.4. The number of hydrogen-bond donors (Lipinski definition) is 2. The molecule has 0 spiro atoms. The number of fused-ring (bicyclic) bond motifs is 2. The molecule has 0 radical (unpaired) electrons. The Kier molecular flexibility index (Phi) is 4.90. The lowest BCUT2D eigenvalue weighted by Crippen LogP contribution is -2.33. The molecule has 10 heteroatoms. The molecular weight excluding hydrogens is 432 g/mol. The molecule has 0 aliphatic heterocycles. The topological polar surface area (TPSA) is 129 Å². The quantitative estimate of drug-likeness (QED) is 0.350. The number of nitro groups is 1. The van der Waals surface area contributed by atoms with E-state index in [1.807, 2.05) is 12.1 Å². The van der Waals surface area contributed by atoms with Crippen molar-refractivity contribution in [3.8, 4) is 5.69 Å². The summed E-state index contributed by atoms with van der Waals surface area (Å²) < 4.78 is 1.52. The number of anilines is 1. The summed E-state index contributed by atoms with van der Waals surface area (Å²) in [5.74, 6) is -0.214. The van der Waals surface area contributed by atoms with Gasteiger partial charge in [-0.15, -0.1) is 0 Å². The van der Waals surface area contributed by atoms with Crippen LogP contribution < -0.4 is 11.1 Å². The second-order valence-corrected chi connectivity index (χ2v) is 8.24. The molecule has 0 atom stereocenters. The van der Waals surface area contributed by atoms with Crippen molar-refractivity contribution in [2.75, 3.05) is 5.73 Å². The minimum absolute atomic E-state index is 0.00418. The van der Waals surface area contributed by atoms with Gasteiger partial charge in [0.2, 0.25) is 0 Å². The van der Waals surface area contributed by atoms with E-state index in [4.69, 9.17) is 17.3 Å². The van der Waals surface area contributed by atoms with Crippen molar-refractivity contribution in [2.24, 2.45) is 0 Å². The Morgan fingerprint density at radius 3 is 2.53 bits per heavy atom. The van der Waals surface area contributed by atoms with E-state index in [0.717, 1.165) is 25.7 Å². The fourth-order valence-corrected chi connectivity index (χ4v) is 4.44. The second kappa shape index (κ2) is 7.76. The highest BCUT2D eigenvalue weighted by atomic mass is 35.5. The Balaban J connectivity index is 1.76. The van der Waals surface area contributed by atoms with Gasteiger partial charge in [-0.1, -0.05) is 36.6 Å². The molecule has 1 saturated carbocycles. The predicted molar refractivity (Wildman–Crippen MR) is 122 cm³/mol. The van der Waals surface area contributed by atoms with Gasteiger partial charge < -0.3 is 11.1 Å². The molecule has 0 bridgehead atoms. The van der Waals surface area contributed by atoms with Gasteiger partial charge in [0, 0.05) is 12.1 Å². The number of hydrogen-bond acceptors (Lipinski definition) is 6. The molecule has 4 aromatic rings. The van der Waals surface area contributed by atoms with Crippen LogP contribution in [-0.4, -0.2) is 31.4 Å². The van der Waals surface area contributed by atoms with E-state index in [1.165, 1.54) is 16.7 Å². The van der Waals surface area contributed by atoms with Crippen LogP contribution in [0.2, 0.25) is 5.02 Å². The van der Waals surface area contributed by atoms with Crippen molar-refractivity contribution in [1.82, 2.24) is 19.9 Å². The van der Waals surface area contributed by atoms with E-state index >= 15 is 0 Å². The summed E-state index contributed by atoms with van der Waals surface area (Å²) in [6, 6.07) is 11.7. The van der Waals surface area contributed by atoms with E-state index in [0.29, 0.717) is 27.9 Å². The number of carbonyl (C=O) groups is 1. The van der Waals surface area contributed by atoms with Gasteiger partial charge in [0.1, 0.15) is 21.9 Å². The number of halogens is 1. The molecule has 1 aliphatic rings. The highest BCUT2D eigenvalue weighted by molar-refractivity contribution is 6.32. The third kappa shape index (κ3) is 3.31. The highest BCUT2D eigenvalue weighted by Crippen LogP contribution is 2.34. The first kappa shape index (κ1) is 20.2. The Morgan fingerprint density at radius 2 is 1.84 bits per heavy atom. The first-order valence-electron chi connectivity index (χ1n) is 10.3. The zero-order valence-electron chi connectivity index (χ0n) is 16.9. The number of nitro benzene ring substituents is 1. The normalized spacial score (nSPS) is 14.3. The van der Waals surface area contributed by atoms with Crippen molar-refractivity contribution >= 4 is 51.2 Å². The summed E-state index contributed by atoms with van der Waals surface area (Å²) in [6.07, 6.45) is 3.98. The number of nitrogen functional groups attached to an aromatic ring is 1. The molecular formula is C22H19ClN6O3. The zero-order valence-corrected chi connectivity index (χ0v) is 17.7. The van der Waals surface area contributed by atoms with Gasteiger partial charge in [-0.2, -0.15) is 0 Å². The molecule has 2 aromatic carbocycles. The maximum atomic E-state index is 13.2. The molecule has 2 aromatic heterocycles. The Bertz CT molecular complexity index is 1390. The van der Waals surface area contributed by atoms with Crippen molar-refractivity contribution in [3.63, 3.8) is 0 Å². The van der Waals surface area contributed by atoms with E-state index in [1.54, 1.807) is 18.2 Å². The number of amides is 1. The van der Waals surface area contributed by atoms with Gasteiger partial charge in [-0.3, -0.25) is 19.5 Å². The van der Waals surface area contributed by atoms with Crippen molar-refractivity contribution in [2.45, 2.75) is 31.7 Å². The van der Waals surface area contributed by atoms with Gasteiger partial charge in [-0.25, -0.2) is 9.97 Å². The molecule has 9 nitrogen and oxygen atoms in total. The van der Waals surface area contributed by atoms with Gasteiger partial charge in [-0.05, 0) is 37.1 Å². The fourth-order valence-electron chi connectivity index (χ4n) is 4.25. The predicted octanol–water partition coefficient (Wildman–Crippen LogP) is 4.39. The van der Waals surface area contributed by atoms with Gasteiger partial charge in [0.15, 0.2) is 5.65 Å². The van der Waals surface area contributed by atoms with E-state index in [2.05, 4.69) is 15.3 Å². The van der Waals surface area contributed by atoms with Crippen LogP contribution in [0.5, 0.6) is 0 Å². The molecule has 2 heterocycles. The van der Waals surface area contributed by atoms with Crippen LogP contribution in [0.4, 0.5) is 11.5 Å². The van der Waals surface area contributed by atoms with E-state index in [-0.39, 0.29) is 34.0 Å². The third-order valence-electron chi connectivity index (χ3n) is 5.80. The molecule has 0 saturated heterocycles. The monoisotopic (exact) mass is 450 g/mol. The summed E-state index contributed by atoms with van der Waals surface area (Å²) >= 11 is 5.99. The number of benzene rings is 2. The van der Waals surface area contributed by atoms with E-state index in [9.17, 15) is 14.9 Å². The molecule has 5 rings (SSSR count). The van der Waals surface area contributed by atoms with Gasteiger partial charge >= 0.3 is 0 Å². The van der Waals surface area contributed by atoms with Gasteiger partial charge in [0.05, 0.1) is 21.6 Å². The first-order valence-corrected chi connectivity index (χ1v) is 10.6. The average Bonchev–Trinajstić information content (AvgIpc) is 3.37. The summed E-state index contributed by atoms with van der Waals surface area (Å²) in [4.78, 5) is 33.5. The minimum atomic E-state index is -0.567. The molecule has 1 fully saturated rings. The van der Waals surface area contributed by atoms with Crippen molar-refractivity contribution < 1.29 is 9.72 Å². The Morgan fingerprint density at radius 1 is 1.16 bits per heavy atom. The molecule has 0 unspecified atom stereocenters. The van der Waals surface area contributed by atoms with Crippen LogP contribution >= 0.6 is 11.6 Å². The number of nitrogens with two attached hydrogens (primary N) is 1. The van der Waals surface area contributed by atoms with Crippen LogP contribution in [0.1, 0.15) is 36.0 Å². The van der Waals surface area contributed by atoms with Crippen molar-refractivity contribution in [1.29, 1.82) is 0 Å². The summed E-state index contributed by atoms with van der Waals surface area (Å²) in [5.41, 5.74) is 8.70. The standard InChI is InChI=1S/C22H19ClN6O3/c23-14-10-9-13(11-17(14)29(31)32)28-20(24)18(22(30)25-12-5-1-2-6-12)19-21(28)27-16-8-4-3-7-15(16)26-19/h3-4,7-12H,1-2,5-6,24H2,(H,25,30). The lowest BCUT2D eigenvalue weighted by molar-refractivity contribution is -0.384. The molecule has 3 N–H and O–H groups in total. The molecule has 1 amide bonds. The number of nitrogens with zero attached hydrogens (tertiary/aromatic N) is 4. The van der Waals surface area contributed by atoms with Crippen LogP contribution in [0.25, 0.3) is 27.9 Å². The maximum Gasteiger partial charge on any atom is 0.289 e. The van der Waals surface area contributed by atoms with Crippen LogP contribution in [-0.2, 0) is 0 Å². The number of rotatable bonds is 4.